The van der Waals surface area contributed by atoms with Crippen LogP contribution in [-0.4, -0.2) is 86.7 Å². The molecule has 0 spiro atoms. The highest BCUT2D eigenvalue weighted by Gasteiger charge is 2.50. The first-order valence-electron chi connectivity index (χ1n) is 12.6. The summed E-state index contributed by atoms with van der Waals surface area (Å²) in [6.45, 7) is 0.414. The molecule has 3 aliphatic rings. The van der Waals surface area contributed by atoms with E-state index in [1.807, 2.05) is 0 Å². The van der Waals surface area contributed by atoms with E-state index in [1.165, 1.54) is 37.8 Å². The number of hydrogen-bond acceptors (Lipinski definition) is 12. The van der Waals surface area contributed by atoms with Crippen molar-refractivity contribution in [1.29, 1.82) is 0 Å². The van der Waals surface area contributed by atoms with E-state index in [4.69, 9.17) is 14.2 Å². The van der Waals surface area contributed by atoms with Crippen molar-refractivity contribution in [3.63, 3.8) is 0 Å². The number of hydrogen-bond donors (Lipinski definition) is 6. The Morgan fingerprint density at radius 2 is 1.85 bits per heavy atom. The second-order valence-electron chi connectivity index (χ2n) is 10.2. The van der Waals surface area contributed by atoms with Crippen molar-refractivity contribution in [3.05, 3.63) is 51.6 Å². The molecule has 0 saturated carbocycles. The van der Waals surface area contributed by atoms with Crippen LogP contribution in [0.15, 0.2) is 18.2 Å². The van der Waals surface area contributed by atoms with Crippen molar-refractivity contribution in [2.24, 2.45) is 0 Å². The van der Waals surface area contributed by atoms with E-state index < -0.39 is 95.7 Å². The van der Waals surface area contributed by atoms with Gasteiger partial charge in [-0.1, -0.05) is 12.1 Å². The highest BCUT2D eigenvalue weighted by Crippen LogP contribution is 2.52. The van der Waals surface area contributed by atoms with Crippen molar-refractivity contribution in [2.75, 3.05) is 13.7 Å². The SMILES string of the molecule is COc1cccc2c1C(=O)c1c(O)c3c(c(O)c1C2=O)C[C@@](O)(C(=O)CO)C[C@@H]3OC1CC(NF)C(O)C(C)O1.Cl. The highest BCUT2D eigenvalue weighted by molar-refractivity contribution is 6.31. The summed E-state index contributed by atoms with van der Waals surface area (Å²) >= 11 is 0. The number of carbonyl (C=O) groups excluding carboxylic acids is 3. The number of nitrogens with one attached hydrogen (secondary N) is 1. The monoisotopic (exact) mass is 597 g/mol. The summed E-state index contributed by atoms with van der Waals surface area (Å²) < 4.78 is 30.2. The van der Waals surface area contributed by atoms with Crippen molar-refractivity contribution in [1.82, 2.24) is 5.54 Å². The van der Waals surface area contributed by atoms with Crippen LogP contribution in [0.1, 0.15) is 68.8 Å². The molecule has 12 nitrogen and oxygen atoms in total. The van der Waals surface area contributed by atoms with Gasteiger partial charge in [-0.3, -0.25) is 14.4 Å². The molecule has 6 atom stereocenters. The van der Waals surface area contributed by atoms with Crippen molar-refractivity contribution < 1.29 is 58.6 Å². The van der Waals surface area contributed by atoms with Crippen LogP contribution in [-0.2, 0) is 20.7 Å². The van der Waals surface area contributed by atoms with Gasteiger partial charge in [-0.25, -0.2) is 0 Å². The summed E-state index contributed by atoms with van der Waals surface area (Å²) in [6, 6.07) is 3.21. The van der Waals surface area contributed by atoms with Crippen LogP contribution in [0.25, 0.3) is 0 Å². The van der Waals surface area contributed by atoms with Crippen LogP contribution < -0.4 is 10.3 Å². The summed E-state index contributed by atoms with van der Waals surface area (Å²) in [4.78, 5) is 39.8. The average molecular weight is 598 g/mol. The van der Waals surface area contributed by atoms with Crippen molar-refractivity contribution in [3.8, 4) is 17.2 Å². The molecule has 0 aromatic heterocycles. The molecule has 1 fully saturated rings. The van der Waals surface area contributed by atoms with E-state index in [2.05, 4.69) is 0 Å². The first-order chi connectivity index (χ1) is 19.0. The number of phenols is 2. The minimum atomic E-state index is -2.30. The number of ether oxygens (including phenoxy) is 3. The van der Waals surface area contributed by atoms with Crippen LogP contribution in [0, 0.1) is 0 Å². The van der Waals surface area contributed by atoms with Gasteiger partial charge >= 0.3 is 0 Å². The Labute approximate surface area is 239 Å². The smallest absolute Gasteiger partial charge is 0.202 e. The molecule has 4 unspecified atom stereocenters. The largest absolute Gasteiger partial charge is 0.507 e. The van der Waals surface area contributed by atoms with Crippen molar-refractivity contribution >= 4 is 29.8 Å². The number of halogens is 2. The highest BCUT2D eigenvalue weighted by atomic mass is 35.5. The minimum Gasteiger partial charge on any atom is -0.507 e. The molecule has 14 heteroatoms. The molecule has 0 bridgehead atoms. The fraction of sp³-hybridized carbons (Fsp3) is 0.444. The normalized spacial score (nSPS) is 28.7. The first kappa shape index (κ1) is 30.8. The molecule has 5 rings (SSSR count). The number of benzene rings is 2. The maximum Gasteiger partial charge on any atom is 0.202 e. The van der Waals surface area contributed by atoms with E-state index in [0.29, 0.717) is 0 Å². The third-order valence-corrected chi connectivity index (χ3v) is 7.90. The van der Waals surface area contributed by atoms with Gasteiger partial charge < -0.3 is 39.7 Å². The predicted octanol–water partition coefficient (Wildman–Crippen LogP) is 0.938. The number of ketones is 3. The molecule has 2 aliphatic carbocycles. The van der Waals surface area contributed by atoms with Gasteiger partial charge in [0.2, 0.25) is 5.78 Å². The molecule has 1 saturated heterocycles. The zero-order chi connectivity index (χ0) is 29.1. The lowest BCUT2D eigenvalue weighted by Gasteiger charge is -2.42. The number of phenolic OH excluding ortho intramolecular Hbond substituents is 2. The summed E-state index contributed by atoms with van der Waals surface area (Å²) in [7, 11) is 1.30. The molecule has 41 heavy (non-hydrogen) atoms. The Hall–Kier alpha value is -3.17. The van der Waals surface area contributed by atoms with E-state index in [0.717, 1.165) is 0 Å². The van der Waals surface area contributed by atoms with Gasteiger partial charge in [-0.05, 0) is 13.0 Å². The molecule has 6 N–H and O–H groups in total. The first-order valence-corrected chi connectivity index (χ1v) is 12.6. The number of rotatable bonds is 6. The molecular formula is C27H29ClFNO11. The van der Waals surface area contributed by atoms with Gasteiger partial charge in [0, 0.05) is 36.0 Å². The number of aromatic hydroxyl groups is 2. The maximum absolute atomic E-state index is 13.6. The third-order valence-electron chi connectivity index (χ3n) is 7.90. The van der Waals surface area contributed by atoms with E-state index in [1.54, 1.807) is 0 Å². The molecule has 1 aliphatic heterocycles. The molecule has 2 aromatic carbocycles. The fourth-order valence-electron chi connectivity index (χ4n) is 5.82. The Morgan fingerprint density at radius 1 is 1.17 bits per heavy atom. The van der Waals surface area contributed by atoms with Gasteiger partial charge in [-0.2, -0.15) is 5.54 Å². The standard InChI is InChI=1S/C27H28FNO11.ClH/c1-10-22(32)13(29-28)6-17(39-10)40-15-8-27(37,16(31)9-30)7-12-19(15)26(36)21-20(24(12)34)23(33)11-4-3-5-14(38-2)18(11)25(21)35;/h3-5,10,13,15,17,22,29-30,32,34,36-37H,6-9H2,1-2H3;1H/t10?,13?,15-,17?,22?,27-;/m0./s1. The van der Waals surface area contributed by atoms with Crippen LogP contribution in [0.5, 0.6) is 17.2 Å². The van der Waals surface area contributed by atoms with Crippen LogP contribution in [0.2, 0.25) is 0 Å². The summed E-state index contributed by atoms with van der Waals surface area (Å²) in [6.07, 6.45) is -6.17. The second-order valence-corrected chi connectivity index (χ2v) is 10.2. The lowest BCUT2D eigenvalue weighted by molar-refractivity contribution is -0.253. The zero-order valence-electron chi connectivity index (χ0n) is 21.9. The second kappa shape index (κ2) is 11.2. The molecular weight excluding hydrogens is 569 g/mol. The summed E-state index contributed by atoms with van der Waals surface area (Å²) in [5, 5.41) is 53.7. The predicted molar refractivity (Wildman–Crippen MR) is 139 cm³/mol. The number of aliphatic hydroxyl groups is 3. The topological polar surface area (TPSA) is 192 Å². The van der Waals surface area contributed by atoms with Gasteiger partial charge in [0.05, 0.1) is 48.2 Å². The third kappa shape index (κ3) is 4.77. The summed E-state index contributed by atoms with van der Waals surface area (Å²) in [5.41, 5.74) is -2.48. The quantitative estimate of drug-likeness (QED) is 0.174. The Balaban J connectivity index is 0.00000387. The van der Waals surface area contributed by atoms with Gasteiger partial charge in [0.25, 0.3) is 0 Å². The van der Waals surface area contributed by atoms with E-state index >= 15 is 0 Å². The van der Waals surface area contributed by atoms with Crippen LogP contribution in [0.3, 0.4) is 0 Å². The van der Waals surface area contributed by atoms with Crippen LogP contribution in [0.4, 0.5) is 4.48 Å². The molecule has 1 heterocycles. The van der Waals surface area contributed by atoms with Gasteiger partial charge in [0.1, 0.15) is 29.5 Å². The molecule has 222 valence electrons. The van der Waals surface area contributed by atoms with E-state index in [-0.39, 0.29) is 46.8 Å². The van der Waals surface area contributed by atoms with Crippen molar-refractivity contribution in [2.45, 2.75) is 62.4 Å². The minimum absolute atomic E-state index is 0. The molecule has 2 aromatic rings. The summed E-state index contributed by atoms with van der Waals surface area (Å²) in [5.74, 6) is -4.02. The number of aliphatic hydroxyl groups excluding tert-OH is 2. The average Bonchev–Trinajstić information content (AvgIpc) is 2.94. The number of Topliss-reactive ketones (excluding diaryl/α,β-unsaturated/α-hetero) is 1. The van der Waals surface area contributed by atoms with E-state index in [9.17, 15) is 44.4 Å². The molecule has 0 radical (unpaired) electrons. The number of carbonyl (C=O) groups is 3. The van der Waals surface area contributed by atoms with Gasteiger partial charge in [-0.15, -0.1) is 16.9 Å². The fourth-order valence-corrected chi connectivity index (χ4v) is 5.82. The Morgan fingerprint density at radius 3 is 2.49 bits per heavy atom. The lowest BCUT2D eigenvalue weighted by Crippen LogP contribution is -2.53. The lowest BCUT2D eigenvalue weighted by atomic mass is 9.72. The zero-order valence-corrected chi connectivity index (χ0v) is 22.7. The van der Waals surface area contributed by atoms with Gasteiger partial charge in [0.15, 0.2) is 17.9 Å². The number of methoxy groups -OCH3 is 1. The Bertz CT molecular complexity index is 1420. The van der Waals surface area contributed by atoms with Crippen LogP contribution >= 0.6 is 12.4 Å². The maximum atomic E-state index is 13.6. The number of fused-ring (bicyclic) bond motifs is 3. The Kier molecular flexibility index (Phi) is 8.45. The molecule has 0 amide bonds.